The normalized spacial score (nSPS) is 19.4. The Balaban J connectivity index is 1.43. The van der Waals surface area contributed by atoms with Gasteiger partial charge in [0.1, 0.15) is 0 Å². The third kappa shape index (κ3) is 5.87. The first-order valence-corrected chi connectivity index (χ1v) is 12.0. The highest BCUT2D eigenvalue weighted by atomic mass is 16.5. The lowest BCUT2D eigenvalue weighted by molar-refractivity contribution is -0.0468. The van der Waals surface area contributed by atoms with Crippen LogP contribution < -0.4 is 9.47 Å². The molecule has 0 radical (unpaired) electrons. The molecule has 0 spiro atoms. The van der Waals surface area contributed by atoms with E-state index in [1.54, 1.807) is 14.2 Å². The Bertz CT molecular complexity index is 924. The van der Waals surface area contributed by atoms with Crippen molar-refractivity contribution < 1.29 is 19.0 Å². The molecule has 4 rings (SSSR count). The number of hydrogen-bond donors (Lipinski definition) is 0. The summed E-state index contributed by atoms with van der Waals surface area (Å²) >= 11 is 0. The van der Waals surface area contributed by atoms with Gasteiger partial charge >= 0.3 is 0 Å². The Kier molecular flexibility index (Phi) is 7.89. The summed E-state index contributed by atoms with van der Waals surface area (Å²) in [5.41, 5.74) is 3.11. The zero-order chi connectivity index (χ0) is 23.2. The van der Waals surface area contributed by atoms with Gasteiger partial charge in [-0.05, 0) is 49.6 Å². The Morgan fingerprint density at radius 3 is 2.48 bits per heavy atom. The van der Waals surface area contributed by atoms with Crippen LogP contribution in [0.2, 0.25) is 0 Å². The Morgan fingerprint density at radius 1 is 1.06 bits per heavy atom. The predicted molar refractivity (Wildman–Crippen MR) is 129 cm³/mol. The number of nitrogens with zero attached hydrogens (tertiary/aromatic N) is 2. The van der Waals surface area contributed by atoms with Crippen LogP contribution in [0.15, 0.2) is 42.5 Å². The minimum atomic E-state index is 0.00823. The number of rotatable bonds is 8. The van der Waals surface area contributed by atoms with Crippen LogP contribution in [0, 0.1) is 6.92 Å². The average molecular weight is 453 g/mol. The maximum Gasteiger partial charge on any atom is 0.254 e. The molecular weight excluding hydrogens is 416 g/mol. The van der Waals surface area contributed by atoms with Crippen LogP contribution in [-0.2, 0) is 11.3 Å². The SMILES string of the molecule is COc1ccc(CN2CCOC(CN(C(=O)c3ccc(C)cc3)C3CCCC3)C2)cc1OC. The molecule has 6 heteroatoms. The first kappa shape index (κ1) is 23.6. The molecule has 2 aliphatic rings. The van der Waals surface area contributed by atoms with Crippen molar-refractivity contribution >= 4 is 5.91 Å². The average Bonchev–Trinajstić information content (AvgIpc) is 3.37. The summed E-state index contributed by atoms with van der Waals surface area (Å²) in [4.78, 5) is 17.9. The third-order valence-electron chi connectivity index (χ3n) is 6.80. The van der Waals surface area contributed by atoms with Crippen molar-refractivity contribution in [1.82, 2.24) is 9.80 Å². The van der Waals surface area contributed by atoms with Crippen molar-refractivity contribution in [1.29, 1.82) is 0 Å². The number of morpholine rings is 1. The van der Waals surface area contributed by atoms with Gasteiger partial charge in [0.25, 0.3) is 5.91 Å². The minimum Gasteiger partial charge on any atom is -0.493 e. The molecule has 1 atom stereocenters. The van der Waals surface area contributed by atoms with E-state index in [4.69, 9.17) is 14.2 Å². The van der Waals surface area contributed by atoms with Crippen molar-refractivity contribution in [2.45, 2.75) is 51.3 Å². The van der Waals surface area contributed by atoms with Crippen LogP contribution in [0.4, 0.5) is 0 Å². The summed E-state index contributed by atoms with van der Waals surface area (Å²) in [7, 11) is 3.31. The smallest absolute Gasteiger partial charge is 0.254 e. The molecule has 1 unspecified atom stereocenters. The number of ether oxygens (including phenoxy) is 3. The van der Waals surface area contributed by atoms with Gasteiger partial charge in [-0.3, -0.25) is 9.69 Å². The fourth-order valence-electron chi connectivity index (χ4n) is 4.97. The molecule has 0 aromatic heterocycles. The number of amides is 1. The van der Waals surface area contributed by atoms with E-state index in [1.807, 2.05) is 43.3 Å². The molecule has 0 N–H and O–H groups in total. The molecule has 33 heavy (non-hydrogen) atoms. The van der Waals surface area contributed by atoms with Crippen molar-refractivity contribution in [3.8, 4) is 11.5 Å². The van der Waals surface area contributed by atoms with Crippen molar-refractivity contribution in [3.63, 3.8) is 0 Å². The number of aryl methyl sites for hydroxylation is 1. The summed E-state index contributed by atoms with van der Waals surface area (Å²) in [5, 5.41) is 0. The number of benzene rings is 2. The Morgan fingerprint density at radius 2 is 1.79 bits per heavy atom. The monoisotopic (exact) mass is 452 g/mol. The van der Waals surface area contributed by atoms with Gasteiger partial charge in [-0.25, -0.2) is 0 Å². The van der Waals surface area contributed by atoms with Gasteiger partial charge in [-0.1, -0.05) is 36.6 Å². The molecule has 1 saturated carbocycles. The highest BCUT2D eigenvalue weighted by Gasteiger charge is 2.31. The van der Waals surface area contributed by atoms with Gasteiger partial charge in [0.05, 0.1) is 26.9 Å². The van der Waals surface area contributed by atoms with Crippen LogP contribution in [0.1, 0.15) is 47.2 Å². The molecule has 2 aromatic carbocycles. The van der Waals surface area contributed by atoms with Crippen molar-refractivity contribution in [2.75, 3.05) is 40.5 Å². The largest absolute Gasteiger partial charge is 0.493 e. The quantitative estimate of drug-likeness (QED) is 0.598. The van der Waals surface area contributed by atoms with Gasteiger partial charge in [0.15, 0.2) is 11.5 Å². The van der Waals surface area contributed by atoms with Crippen molar-refractivity contribution in [3.05, 3.63) is 59.2 Å². The van der Waals surface area contributed by atoms with Gasteiger partial charge in [-0.2, -0.15) is 0 Å². The number of methoxy groups -OCH3 is 2. The first-order chi connectivity index (χ1) is 16.1. The number of hydrogen-bond acceptors (Lipinski definition) is 5. The molecule has 0 bridgehead atoms. The minimum absolute atomic E-state index is 0.00823. The van der Waals surface area contributed by atoms with E-state index >= 15 is 0 Å². The molecule has 1 saturated heterocycles. The molecular formula is C27H36N2O4. The van der Waals surface area contributed by atoms with Crippen LogP contribution >= 0.6 is 0 Å². The third-order valence-corrected chi connectivity index (χ3v) is 6.80. The second kappa shape index (κ2) is 11.0. The fourth-order valence-corrected chi connectivity index (χ4v) is 4.97. The van der Waals surface area contributed by atoms with Crippen LogP contribution in [0.5, 0.6) is 11.5 Å². The molecule has 1 aliphatic heterocycles. The lowest BCUT2D eigenvalue weighted by Crippen LogP contribution is -2.50. The molecule has 1 heterocycles. The van der Waals surface area contributed by atoms with Crippen LogP contribution in [0.3, 0.4) is 0 Å². The van der Waals surface area contributed by atoms with E-state index in [9.17, 15) is 4.79 Å². The maximum atomic E-state index is 13.5. The number of carbonyl (C=O) groups excluding carboxylic acids is 1. The van der Waals surface area contributed by atoms with E-state index in [0.717, 1.165) is 49.5 Å². The highest BCUT2D eigenvalue weighted by Crippen LogP contribution is 2.29. The van der Waals surface area contributed by atoms with E-state index in [-0.39, 0.29) is 12.0 Å². The molecule has 2 fully saturated rings. The molecule has 178 valence electrons. The van der Waals surface area contributed by atoms with Gasteiger partial charge in [0, 0.05) is 37.8 Å². The van der Waals surface area contributed by atoms with Crippen LogP contribution in [-0.4, -0.2) is 68.3 Å². The summed E-state index contributed by atoms with van der Waals surface area (Å²) in [6, 6.07) is 14.3. The zero-order valence-corrected chi connectivity index (χ0v) is 20.1. The molecule has 1 aliphatic carbocycles. The lowest BCUT2D eigenvalue weighted by atomic mass is 10.1. The van der Waals surface area contributed by atoms with E-state index in [0.29, 0.717) is 19.2 Å². The topological polar surface area (TPSA) is 51.2 Å². The maximum absolute atomic E-state index is 13.5. The van der Waals surface area contributed by atoms with Crippen molar-refractivity contribution in [2.24, 2.45) is 0 Å². The van der Waals surface area contributed by atoms with Gasteiger partial charge in [0.2, 0.25) is 0 Å². The Hall–Kier alpha value is -2.57. The second-order valence-corrected chi connectivity index (χ2v) is 9.18. The summed E-state index contributed by atoms with van der Waals surface area (Å²) in [5.74, 6) is 1.61. The van der Waals surface area contributed by atoms with E-state index in [1.165, 1.54) is 24.0 Å². The Labute approximate surface area is 197 Å². The van der Waals surface area contributed by atoms with Gasteiger partial charge in [-0.15, -0.1) is 0 Å². The lowest BCUT2D eigenvalue weighted by Gasteiger charge is -2.38. The summed E-state index contributed by atoms with van der Waals surface area (Å²) in [6.07, 6.45) is 4.56. The molecule has 1 amide bonds. The zero-order valence-electron chi connectivity index (χ0n) is 20.1. The standard InChI is InChI=1S/C27H36N2O4/c1-20-8-11-22(12-9-20)27(30)29(23-6-4-5-7-23)19-24-18-28(14-15-33-24)17-21-10-13-25(31-2)26(16-21)32-3/h8-13,16,23-24H,4-7,14-15,17-19H2,1-3H3. The predicted octanol–water partition coefficient (Wildman–Crippen LogP) is 4.30. The summed E-state index contributed by atoms with van der Waals surface area (Å²) < 4.78 is 17.0. The highest BCUT2D eigenvalue weighted by molar-refractivity contribution is 5.94. The van der Waals surface area contributed by atoms with E-state index in [2.05, 4.69) is 15.9 Å². The summed E-state index contributed by atoms with van der Waals surface area (Å²) in [6.45, 7) is 5.86. The fraction of sp³-hybridized carbons (Fsp3) is 0.519. The molecule has 2 aromatic rings. The van der Waals surface area contributed by atoms with E-state index < -0.39 is 0 Å². The molecule has 6 nitrogen and oxygen atoms in total. The number of carbonyl (C=O) groups is 1. The van der Waals surface area contributed by atoms with Crippen LogP contribution in [0.25, 0.3) is 0 Å². The van der Waals surface area contributed by atoms with Gasteiger partial charge < -0.3 is 19.1 Å². The first-order valence-electron chi connectivity index (χ1n) is 12.0. The second-order valence-electron chi connectivity index (χ2n) is 9.18.